The van der Waals surface area contributed by atoms with Crippen molar-refractivity contribution in [1.82, 2.24) is 14.5 Å². The maximum Gasteiger partial charge on any atom is 0.336 e. The predicted molar refractivity (Wildman–Crippen MR) is 119 cm³/mol. The summed E-state index contributed by atoms with van der Waals surface area (Å²) in [5.74, 6) is 0.256. The summed E-state index contributed by atoms with van der Waals surface area (Å²) in [6.45, 7) is 5.74. The first-order chi connectivity index (χ1) is 14.9. The number of benzene rings is 2. The van der Waals surface area contributed by atoms with E-state index in [0.717, 1.165) is 15.7 Å². The van der Waals surface area contributed by atoms with Crippen LogP contribution < -0.4 is 16.6 Å². The van der Waals surface area contributed by atoms with Gasteiger partial charge in [0.05, 0.1) is 29.4 Å². The van der Waals surface area contributed by atoms with Crippen molar-refractivity contribution in [1.29, 1.82) is 0 Å². The van der Waals surface area contributed by atoms with Crippen LogP contribution in [-0.2, 0) is 11.3 Å². The van der Waals surface area contributed by atoms with Crippen molar-refractivity contribution in [3.8, 4) is 5.69 Å². The van der Waals surface area contributed by atoms with Gasteiger partial charge in [0.15, 0.2) is 0 Å². The molecule has 4 aromatic rings. The molecular formula is C24H23N3O4. The molecule has 1 atom stereocenters. The number of carbonyl (C=O) groups is 1. The fourth-order valence-corrected chi connectivity index (χ4v) is 3.60. The van der Waals surface area contributed by atoms with E-state index in [0.29, 0.717) is 22.4 Å². The highest BCUT2D eigenvalue weighted by Gasteiger charge is 2.22. The second-order valence-corrected chi connectivity index (χ2v) is 7.55. The molecule has 0 bridgehead atoms. The van der Waals surface area contributed by atoms with Crippen molar-refractivity contribution in [3.63, 3.8) is 0 Å². The number of rotatable bonds is 5. The molecule has 0 fully saturated rings. The number of hydrogen-bond acceptors (Lipinski definition) is 4. The Hall–Kier alpha value is -3.87. The molecule has 31 heavy (non-hydrogen) atoms. The lowest BCUT2D eigenvalue weighted by molar-refractivity contribution is -0.124. The van der Waals surface area contributed by atoms with Crippen LogP contribution in [0.5, 0.6) is 0 Å². The standard InChI is InChI=1S/C24H23N3O4/c1-15-10-11-18(13-16(15)2)27-23(29)20-8-4-5-9-21(20)26(24(27)30)17(3)22(28)25-14-19-7-6-12-31-19/h4-13,17H,14H2,1-3H3,(H,25,28)/t17-/m1/s1. The lowest BCUT2D eigenvalue weighted by Crippen LogP contribution is -2.43. The zero-order chi connectivity index (χ0) is 22.1. The molecule has 0 spiro atoms. The van der Waals surface area contributed by atoms with Gasteiger partial charge in [-0.05, 0) is 68.3 Å². The van der Waals surface area contributed by atoms with Crippen LogP contribution in [0.25, 0.3) is 16.6 Å². The maximum absolute atomic E-state index is 13.5. The van der Waals surface area contributed by atoms with Crippen molar-refractivity contribution in [2.75, 3.05) is 0 Å². The van der Waals surface area contributed by atoms with Crippen molar-refractivity contribution >= 4 is 16.8 Å². The Morgan fingerprint density at radius 2 is 1.81 bits per heavy atom. The average Bonchev–Trinajstić information content (AvgIpc) is 3.28. The second-order valence-electron chi connectivity index (χ2n) is 7.55. The summed E-state index contributed by atoms with van der Waals surface area (Å²) in [7, 11) is 0. The number of aromatic nitrogens is 2. The maximum atomic E-state index is 13.5. The van der Waals surface area contributed by atoms with Crippen LogP contribution in [0, 0.1) is 13.8 Å². The van der Waals surface area contributed by atoms with Gasteiger partial charge in [-0.15, -0.1) is 0 Å². The highest BCUT2D eigenvalue weighted by Crippen LogP contribution is 2.17. The van der Waals surface area contributed by atoms with Crippen LogP contribution in [0.4, 0.5) is 0 Å². The van der Waals surface area contributed by atoms with Gasteiger partial charge in [-0.25, -0.2) is 9.36 Å². The molecule has 0 saturated carbocycles. The Balaban J connectivity index is 1.86. The van der Waals surface area contributed by atoms with E-state index >= 15 is 0 Å². The Morgan fingerprint density at radius 1 is 1.03 bits per heavy atom. The number of hydrogen-bond donors (Lipinski definition) is 1. The zero-order valence-electron chi connectivity index (χ0n) is 17.6. The minimum absolute atomic E-state index is 0.208. The summed E-state index contributed by atoms with van der Waals surface area (Å²) in [4.78, 5) is 39.6. The SMILES string of the molecule is Cc1ccc(-n2c(=O)c3ccccc3n([C@H](C)C(=O)NCc3ccco3)c2=O)cc1C. The van der Waals surface area contributed by atoms with Gasteiger partial charge < -0.3 is 9.73 Å². The lowest BCUT2D eigenvalue weighted by Gasteiger charge is -2.19. The van der Waals surface area contributed by atoms with Crippen molar-refractivity contribution < 1.29 is 9.21 Å². The number of para-hydroxylation sites is 1. The Bertz CT molecular complexity index is 1380. The number of amides is 1. The van der Waals surface area contributed by atoms with E-state index in [1.807, 2.05) is 19.9 Å². The number of fused-ring (bicyclic) bond motifs is 1. The molecule has 158 valence electrons. The van der Waals surface area contributed by atoms with Gasteiger partial charge in [-0.1, -0.05) is 18.2 Å². The Morgan fingerprint density at radius 3 is 2.52 bits per heavy atom. The lowest BCUT2D eigenvalue weighted by atomic mass is 10.1. The monoisotopic (exact) mass is 417 g/mol. The number of carbonyl (C=O) groups excluding carboxylic acids is 1. The van der Waals surface area contributed by atoms with E-state index in [2.05, 4.69) is 5.32 Å². The minimum Gasteiger partial charge on any atom is -0.467 e. The first-order valence-corrected chi connectivity index (χ1v) is 10.0. The molecule has 1 amide bonds. The predicted octanol–water partition coefficient (Wildman–Crippen LogP) is 3.24. The first kappa shape index (κ1) is 20.4. The van der Waals surface area contributed by atoms with E-state index in [9.17, 15) is 14.4 Å². The molecule has 7 nitrogen and oxygen atoms in total. The highest BCUT2D eigenvalue weighted by molar-refractivity contribution is 5.84. The smallest absolute Gasteiger partial charge is 0.336 e. The molecule has 0 aliphatic heterocycles. The number of nitrogens with zero attached hydrogens (tertiary/aromatic N) is 2. The van der Waals surface area contributed by atoms with Crippen LogP contribution in [0.15, 0.2) is 74.9 Å². The van der Waals surface area contributed by atoms with Crippen LogP contribution in [0.3, 0.4) is 0 Å². The number of aryl methyl sites for hydroxylation is 2. The molecule has 0 aliphatic carbocycles. The van der Waals surface area contributed by atoms with E-state index < -0.39 is 17.3 Å². The number of furan rings is 1. The summed E-state index contributed by atoms with van der Waals surface area (Å²) >= 11 is 0. The zero-order valence-corrected chi connectivity index (χ0v) is 17.6. The Kier molecular flexibility index (Phi) is 5.33. The summed E-state index contributed by atoms with van der Waals surface area (Å²) < 4.78 is 7.74. The van der Waals surface area contributed by atoms with E-state index in [-0.39, 0.29) is 12.5 Å². The van der Waals surface area contributed by atoms with Gasteiger partial charge in [-0.2, -0.15) is 0 Å². The third-order valence-corrected chi connectivity index (χ3v) is 5.53. The number of nitrogens with one attached hydrogen (secondary N) is 1. The van der Waals surface area contributed by atoms with Crippen LogP contribution in [0.2, 0.25) is 0 Å². The summed E-state index contributed by atoms with van der Waals surface area (Å²) in [6.07, 6.45) is 1.53. The molecule has 0 radical (unpaired) electrons. The molecule has 2 aromatic carbocycles. The molecule has 0 unspecified atom stereocenters. The third kappa shape index (κ3) is 3.70. The van der Waals surface area contributed by atoms with Crippen LogP contribution >= 0.6 is 0 Å². The third-order valence-electron chi connectivity index (χ3n) is 5.53. The fraction of sp³-hybridized carbons (Fsp3) is 0.208. The normalized spacial score (nSPS) is 12.1. The first-order valence-electron chi connectivity index (χ1n) is 10.0. The topological polar surface area (TPSA) is 86.2 Å². The van der Waals surface area contributed by atoms with Gasteiger partial charge in [0.25, 0.3) is 5.56 Å². The van der Waals surface area contributed by atoms with Crippen molar-refractivity contribution in [3.05, 3.63) is 98.6 Å². The molecule has 1 N–H and O–H groups in total. The largest absolute Gasteiger partial charge is 0.467 e. The quantitative estimate of drug-likeness (QED) is 0.540. The van der Waals surface area contributed by atoms with Gasteiger partial charge in [0.2, 0.25) is 5.91 Å². The van der Waals surface area contributed by atoms with E-state index in [1.54, 1.807) is 55.5 Å². The summed E-state index contributed by atoms with van der Waals surface area (Å²) in [6, 6.07) is 14.9. The van der Waals surface area contributed by atoms with Crippen molar-refractivity contribution in [2.45, 2.75) is 33.4 Å². The molecular weight excluding hydrogens is 394 g/mol. The molecule has 2 aromatic heterocycles. The van der Waals surface area contributed by atoms with Gasteiger partial charge >= 0.3 is 5.69 Å². The molecule has 0 aliphatic rings. The highest BCUT2D eigenvalue weighted by atomic mass is 16.3. The fourth-order valence-electron chi connectivity index (χ4n) is 3.60. The van der Waals surface area contributed by atoms with Crippen molar-refractivity contribution in [2.24, 2.45) is 0 Å². The van der Waals surface area contributed by atoms with Crippen LogP contribution in [0.1, 0.15) is 29.9 Å². The van der Waals surface area contributed by atoms with Gasteiger partial charge in [-0.3, -0.25) is 14.2 Å². The Labute approximate surface area is 178 Å². The van der Waals surface area contributed by atoms with Gasteiger partial charge in [0, 0.05) is 0 Å². The molecule has 7 heteroatoms. The second kappa shape index (κ2) is 8.10. The van der Waals surface area contributed by atoms with Gasteiger partial charge in [0.1, 0.15) is 11.8 Å². The average molecular weight is 417 g/mol. The summed E-state index contributed by atoms with van der Waals surface area (Å²) in [5, 5.41) is 3.15. The molecule has 0 saturated heterocycles. The molecule has 2 heterocycles. The molecule has 4 rings (SSSR count). The van der Waals surface area contributed by atoms with E-state index in [4.69, 9.17) is 4.42 Å². The summed E-state index contributed by atoms with van der Waals surface area (Å²) in [5.41, 5.74) is 1.94. The van der Waals surface area contributed by atoms with Crippen LogP contribution in [-0.4, -0.2) is 15.0 Å². The minimum atomic E-state index is -0.842. The van der Waals surface area contributed by atoms with E-state index in [1.165, 1.54) is 10.8 Å².